The third-order valence-electron chi connectivity index (χ3n) is 7.76. The molecule has 1 heterocycles. The minimum absolute atomic E-state index is 0.175. The van der Waals surface area contributed by atoms with E-state index >= 15 is 0 Å². The van der Waals surface area contributed by atoms with E-state index in [1.807, 2.05) is 48.5 Å². The summed E-state index contributed by atoms with van der Waals surface area (Å²) in [6, 6.07) is 18.7. The third-order valence-corrected chi connectivity index (χ3v) is 8.88. The number of anilines is 3. The first-order valence-corrected chi connectivity index (χ1v) is 17.1. The lowest BCUT2D eigenvalue weighted by molar-refractivity contribution is 0.0955. The van der Waals surface area contributed by atoms with Crippen molar-refractivity contribution in [3.05, 3.63) is 76.7 Å². The van der Waals surface area contributed by atoms with E-state index in [-0.39, 0.29) is 17.4 Å². The van der Waals surface area contributed by atoms with Crippen LogP contribution in [-0.4, -0.2) is 18.2 Å². The molecule has 0 aliphatic rings. The number of unbranched alkanes of at least 4 members (excludes halogenated alkanes) is 15. The molecular weight excluding hydrogens is 538 g/mol. The summed E-state index contributed by atoms with van der Waals surface area (Å²) in [7, 11) is 0. The molecule has 0 saturated heterocycles. The molecule has 4 N–H and O–H groups in total. The van der Waals surface area contributed by atoms with Crippen LogP contribution in [0.3, 0.4) is 0 Å². The van der Waals surface area contributed by atoms with Crippen LogP contribution in [0, 0.1) is 0 Å². The number of carbonyl (C=O) groups excluding carboxylic acids is 2. The number of hydrogen-bond donors (Lipinski definition) is 3. The van der Waals surface area contributed by atoms with Gasteiger partial charge in [-0.25, -0.2) is 0 Å². The lowest BCUT2D eigenvalue weighted by Crippen LogP contribution is -2.25. The van der Waals surface area contributed by atoms with Crippen LogP contribution in [0.15, 0.2) is 60.7 Å². The summed E-state index contributed by atoms with van der Waals surface area (Å²) in [5.41, 5.74) is 8.42. The number of carbonyl (C=O) groups is 2. The first-order valence-electron chi connectivity index (χ1n) is 16.2. The number of ketones is 1. The molecule has 0 unspecified atom stereocenters. The van der Waals surface area contributed by atoms with Gasteiger partial charge in [-0.1, -0.05) is 152 Å². The molecule has 3 aromatic rings. The number of thiophene rings is 1. The number of nitrogen functional groups attached to an aromatic ring is 1. The zero-order valence-corrected chi connectivity index (χ0v) is 26.4. The zero-order valence-electron chi connectivity index (χ0n) is 25.6. The fraction of sp³-hybridized carbons (Fsp3) is 0.500. The molecule has 0 aliphatic carbocycles. The molecule has 228 valence electrons. The molecular formula is C36H51N3O2S. The summed E-state index contributed by atoms with van der Waals surface area (Å²) in [6.07, 6.45) is 21.1. The van der Waals surface area contributed by atoms with Gasteiger partial charge < -0.3 is 16.4 Å². The standard InChI is InChI=1S/C36H51N3O2S/c1-2-3-4-5-6-7-8-9-10-11-12-13-14-15-16-23-28-38-35(41)31-32(37)34(33(40)29-24-19-17-20-25-29)42-36(31)39-30-26-21-18-22-27-30/h17-22,24-27,39H,2-16,23,28,37H2,1H3,(H,38,41). The Morgan fingerprint density at radius 2 is 1.14 bits per heavy atom. The predicted molar refractivity (Wildman–Crippen MR) is 180 cm³/mol. The summed E-state index contributed by atoms with van der Waals surface area (Å²) in [4.78, 5) is 26.9. The molecule has 0 radical (unpaired) electrons. The Morgan fingerprint density at radius 3 is 1.67 bits per heavy atom. The summed E-state index contributed by atoms with van der Waals surface area (Å²) in [5.74, 6) is -0.415. The second-order valence-corrected chi connectivity index (χ2v) is 12.3. The molecule has 1 aromatic heterocycles. The number of hydrogen-bond acceptors (Lipinski definition) is 5. The molecule has 0 aliphatic heterocycles. The van der Waals surface area contributed by atoms with Crippen LogP contribution in [0.2, 0.25) is 0 Å². The number of nitrogens with one attached hydrogen (secondary N) is 2. The second kappa shape index (κ2) is 19.9. The summed E-state index contributed by atoms with van der Waals surface area (Å²) >= 11 is 1.23. The zero-order chi connectivity index (χ0) is 29.8. The Kier molecular flexibility index (Phi) is 15.8. The summed E-state index contributed by atoms with van der Waals surface area (Å²) < 4.78 is 0. The van der Waals surface area contributed by atoms with Gasteiger partial charge in [-0.2, -0.15) is 0 Å². The highest BCUT2D eigenvalue weighted by Gasteiger charge is 2.26. The Morgan fingerprint density at radius 1 is 0.667 bits per heavy atom. The number of nitrogens with two attached hydrogens (primary N) is 1. The molecule has 2 aromatic carbocycles. The maximum Gasteiger partial charge on any atom is 0.256 e. The van der Waals surface area contributed by atoms with Crippen molar-refractivity contribution in [3.8, 4) is 0 Å². The van der Waals surface area contributed by atoms with Crippen molar-refractivity contribution in [3.63, 3.8) is 0 Å². The van der Waals surface area contributed by atoms with E-state index in [0.29, 0.717) is 27.5 Å². The largest absolute Gasteiger partial charge is 0.397 e. The Hall–Kier alpha value is -3.12. The van der Waals surface area contributed by atoms with Crippen molar-refractivity contribution in [2.24, 2.45) is 0 Å². The smallest absolute Gasteiger partial charge is 0.256 e. The predicted octanol–water partition coefficient (Wildman–Crippen LogP) is 10.3. The number of amides is 1. The molecule has 0 bridgehead atoms. The van der Waals surface area contributed by atoms with Gasteiger partial charge in [0.2, 0.25) is 5.78 Å². The molecule has 3 rings (SSSR count). The average molecular weight is 590 g/mol. The van der Waals surface area contributed by atoms with Crippen molar-refractivity contribution in [1.29, 1.82) is 0 Å². The van der Waals surface area contributed by atoms with Gasteiger partial charge in [0.05, 0.1) is 11.3 Å². The van der Waals surface area contributed by atoms with E-state index in [9.17, 15) is 9.59 Å². The number of para-hydroxylation sites is 1. The van der Waals surface area contributed by atoms with Crippen LogP contribution in [0.25, 0.3) is 0 Å². The minimum Gasteiger partial charge on any atom is -0.397 e. The van der Waals surface area contributed by atoms with Crippen LogP contribution in [0.5, 0.6) is 0 Å². The van der Waals surface area contributed by atoms with Crippen molar-refractivity contribution < 1.29 is 9.59 Å². The molecule has 0 spiro atoms. The van der Waals surface area contributed by atoms with Gasteiger partial charge in [-0.3, -0.25) is 9.59 Å². The van der Waals surface area contributed by atoms with E-state index in [1.165, 1.54) is 101 Å². The highest BCUT2D eigenvalue weighted by Crippen LogP contribution is 2.38. The van der Waals surface area contributed by atoms with Gasteiger partial charge in [0.15, 0.2) is 0 Å². The topological polar surface area (TPSA) is 84.2 Å². The first kappa shape index (κ1) is 33.4. The van der Waals surface area contributed by atoms with Crippen LogP contribution in [-0.2, 0) is 0 Å². The van der Waals surface area contributed by atoms with Gasteiger partial charge >= 0.3 is 0 Å². The van der Waals surface area contributed by atoms with Crippen LogP contribution in [0.1, 0.15) is 135 Å². The van der Waals surface area contributed by atoms with E-state index < -0.39 is 0 Å². The molecule has 42 heavy (non-hydrogen) atoms. The molecule has 0 saturated carbocycles. The SMILES string of the molecule is CCCCCCCCCCCCCCCCCCNC(=O)c1c(Nc2ccccc2)sc(C(=O)c2ccccc2)c1N. The van der Waals surface area contributed by atoms with Crippen molar-refractivity contribution in [2.45, 2.75) is 110 Å². The second-order valence-electron chi connectivity index (χ2n) is 11.3. The van der Waals surface area contributed by atoms with Gasteiger partial charge in [0, 0.05) is 17.8 Å². The van der Waals surface area contributed by atoms with Gasteiger partial charge in [-0.05, 0) is 18.6 Å². The lowest BCUT2D eigenvalue weighted by Gasteiger charge is -2.09. The van der Waals surface area contributed by atoms with Gasteiger partial charge in [-0.15, -0.1) is 11.3 Å². The molecule has 0 fully saturated rings. The number of benzene rings is 2. The Balaban J connectivity index is 1.37. The monoisotopic (exact) mass is 589 g/mol. The van der Waals surface area contributed by atoms with Crippen LogP contribution >= 0.6 is 11.3 Å². The minimum atomic E-state index is -0.241. The molecule has 5 nitrogen and oxygen atoms in total. The molecule has 1 amide bonds. The Bertz CT molecular complexity index is 1180. The van der Waals surface area contributed by atoms with Gasteiger partial charge in [0.25, 0.3) is 5.91 Å². The van der Waals surface area contributed by atoms with Crippen molar-refractivity contribution in [2.75, 3.05) is 17.6 Å². The van der Waals surface area contributed by atoms with E-state index in [0.717, 1.165) is 18.5 Å². The molecule has 0 atom stereocenters. The van der Waals surface area contributed by atoms with E-state index in [4.69, 9.17) is 5.73 Å². The summed E-state index contributed by atoms with van der Waals surface area (Å²) in [5, 5.41) is 6.93. The molecule has 6 heteroatoms. The highest BCUT2D eigenvalue weighted by atomic mass is 32.1. The fourth-order valence-corrected chi connectivity index (χ4v) is 6.36. The quantitative estimate of drug-likeness (QED) is 0.0804. The van der Waals surface area contributed by atoms with Crippen LogP contribution < -0.4 is 16.4 Å². The lowest BCUT2D eigenvalue weighted by atomic mass is 10.0. The van der Waals surface area contributed by atoms with E-state index in [2.05, 4.69) is 17.6 Å². The highest BCUT2D eigenvalue weighted by molar-refractivity contribution is 7.19. The fourth-order valence-electron chi connectivity index (χ4n) is 5.26. The van der Waals surface area contributed by atoms with Crippen LogP contribution in [0.4, 0.5) is 16.4 Å². The van der Waals surface area contributed by atoms with Gasteiger partial charge in [0.1, 0.15) is 9.88 Å². The van der Waals surface area contributed by atoms with Crippen molar-refractivity contribution >= 4 is 39.4 Å². The number of rotatable bonds is 22. The first-order chi connectivity index (χ1) is 20.6. The third kappa shape index (κ3) is 11.6. The normalized spacial score (nSPS) is 11.0. The average Bonchev–Trinajstić information content (AvgIpc) is 3.34. The van der Waals surface area contributed by atoms with E-state index in [1.54, 1.807) is 12.1 Å². The maximum absolute atomic E-state index is 13.3. The summed E-state index contributed by atoms with van der Waals surface area (Å²) in [6.45, 7) is 2.87. The Labute approximate surface area is 257 Å². The van der Waals surface area contributed by atoms with Crippen molar-refractivity contribution in [1.82, 2.24) is 5.32 Å². The maximum atomic E-state index is 13.3.